The van der Waals surface area contributed by atoms with Crippen LogP contribution in [0.5, 0.6) is 0 Å². The molecule has 1 N–H and O–H groups in total. The number of halogens is 1. The lowest BCUT2D eigenvalue weighted by Crippen LogP contribution is -2.52. The number of nitrogens with one attached hydrogen (secondary N) is 1. The average molecular weight is 372 g/mol. The molecule has 1 aliphatic carbocycles. The molecule has 5 heteroatoms. The predicted octanol–water partition coefficient (Wildman–Crippen LogP) is 5.04. The van der Waals surface area contributed by atoms with E-state index < -0.39 is 0 Å². The number of hydrogen-bond donors (Lipinski definition) is 1. The van der Waals surface area contributed by atoms with Crippen molar-refractivity contribution in [3.63, 3.8) is 0 Å². The standard InChI is InChI=1S/C15H18BrNOS2/c1-10-3-2-5-15(8-10,9-16)17-14(18)13-7-12-11(20-13)4-6-19-12/h4,6-7,10H,2-3,5,8-9H2,1H3,(H,17,18). The van der Waals surface area contributed by atoms with Gasteiger partial charge in [0.2, 0.25) is 0 Å². The summed E-state index contributed by atoms with van der Waals surface area (Å²) in [6.07, 6.45) is 4.63. The van der Waals surface area contributed by atoms with Crippen LogP contribution in [0.4, 0.5) is 0 Å². The second-order valence-corrected chi connectivity index (χ2v) is 8.42. The molecule has 2 atom stereocenters. The van der Waals surface area contributed by atoms with Crippen LogP contribution in [0.1, 0.15) is 42.3 Å². The van der Waals surface area contributed by atoms with E-state index in [2.05, 4.69) is 39.6 Å². The van der Waals surface area contributed by atoms with Gasteiger partial charge in [0.05, 0.1) is 10.4 Å². The number of thiophene rings is 2. The molecule has 2 heterocycles. The van der Waals surface area contributed by atoms with Gasteiger partial charge in [-0.3, -0.25) is 4.79 Å². The summed E-state index contributed by atoms with van der Waals surface area (Å²) in [5, 5.41) is 6.23. The highest BCUT2D eigenvalue weighted by atomic mass is 79.9. The Morgan fingerprint density at radius 3 is 3.10 bits per heavy atom. The Morgan fingerprint density at radius 2 is 2.40 bits per heavy atom. The summed E-state index contributed by atoms with van der Waals surface area (Å²) in [6, 6.07) is 4.11. The molecule has 2 unspecified atom stereocenters. The summed E-state index contributed by atoms with van der Waals surface area (Å²) >= 11 is 6.91. The summed E-state index contributed by atoms with van der Waals surface area (Å²) < 4.78 is 2.43. The normalized spacial score (nSPS) is 26.8. The van der Waals surface area contributed by atoms with Crippen LogP contribution in [0.15, 0.2) is 17.5 Å². The largest absolute Gasteiger partial charge is 0.345 e. The monoisotopic (exact) mass is 371 g/mol. The van der Waals surface area contributed by atoms with Crippen LogP contribution < -0.4 is 5.32 Å². The van der Waals surface area contributed by atoms with Crippen molar-refractivity contribution in [3.8, 4) is 0 Å². The van der Waals surface area contributed by atoms with Gasteiger partial charge in [-0.25, -0.2) is 0 Å². The quantitative estimate of drug-likeness (QED) is 0.752. The van der Waals surface area contributed by atoms with E-state index in [4.69, 9.17) is 0 Å². The highest BCUT2D eigenvalue weighted by Crippen LogP contribution is 2.35. The molecular weight excluding hydrogens is 354 g/mol. The van der Waals surface area contributed by atoms with Gasteiger partial charge in [-0.15, -0.1) is 22.7 Å². The van der Waals surface area contributed by atoms with Gasteiger partial charge in [0.1, 0.15) is 0 Å². The van der Waals surface area contributed by atoms with Gasteiger partial charge < -0.3 is 5.32 Å². The van der Waals surface area contributed by atoms with Gasteiger partial charge in [-0.05, 0) is 36.3 Å². The Kier molecular flexibility index (Phi) is 4.20. The molecule has 0 aliphatic heterocycles. The van der Waals surface area contributed by atoms with Crippen LogP contribution in [0.25, 0.3) is 9.40 Å². The first-order valence-corrected chi connectivity index (χ1v) is 9.79. The molecule has 20 heavy (non-hydrogen) atoms. The van der Waals surface area contributed by atoms with Crippen molar-refractivity contribution in [3.05, 3.63) is 22.4 Å². The Bertz CT molecular complexity index is 592. The molecule has 3 rings (SSSR count). The van der Waals surface area contributed by atoms with E-state index in [0.717, 1.165) is 23.0 Å². The molecule has 108 valence electrons. The molecular formula is C15H18BrNOS2. The fraction of sp³-hybridized carbons (Fsp3) is 0.533. The van der Waals surface area contributed by atoms with E-state index in [9.17, 15) is 4.79 Å². The lowest BCUT2D eigenvalue weighted by atomic mass is 9.77. The first-order valence-electron chi connectivity index (χ1n) is 6.97. The summed E-state index contributed by atoms with van der Waals surface area (Å²) in [7, 11) is 0. The number of hydrogen-bond acceptors (Lipinski definition) is 3. The van der Waals surface area contributed by atoms with E-state index in [-0.39, 0.29) is 11.4 Å². The number of carbonyl (C=O) groups is 1. The third-order valence-corrected chi connectivity index (χ3v) is 7.25. The Labute approximate surface area is 135 Å². The van der Waals surface area contributed by atoms with Gasteiger partial charge >= 0.3 is 0 Å². The molecule has 0 radical (unpaired) electrons. The van der Waals surface area contributed by atoms with Crippen molar-refractivity contribution in [2.24, 2.45) is 5.92 Å². The molecule has 2 aromatic rings. The van der Waals surface area contributed by atoms with Crippen LogP contribution in [-0.2, 0) is 0 Å². The van der Waals surface area contributed by atoms with Crippen molar-refractivity contribution in [2.45, 2.75) is 38.1 Å². The lowest BCUT2D eigenvalue weighted by molar-refractivity contribution is 0.0874. The molecule has 0 spiro atoms. The SMILES string of the molecule is CC1CCCC(CBr)(NC(=O)c2cc3sccc3s2)C1. The fourth-order valence-electron chi connectivity index (χ4n) is 3.11. The maximum atomic E-state index is 12.5. The van der Waals surface area contributed by atoms with Crippen molar-refractivity contribution < 1.29 is 4.79 Å². The Hall–Kier alpha value is -0.390. The Balaban J connectivity index is 1.78. The number of carbonyl (C=O) groups excluding carboxylic acids is 1. The van der Waals surface area contributed by atoms with E-state index in [1.54, 1.807) is 22.7 Å². The maximum Gasteiger partial charge on any atom is 0.261 e. The molecule has 0 bridgehead atoms. The molecule has 0 aromatic carbocycles. The zero-order valence-corrected chi connectivity index (χ0v) is 14.7. The third-order valence-electron chi connectivity index (χ3n) is 4.09. The van der Waals surface area contributed by atoms with Crippen LogP contribution in [0.2, 0.25) is 0 Å². The van der Waals surface area contributed by atoms with E-state index in [0.29, 0.717) is 5.92 Å². The molecule has 1 amide bonds. The molecule has 1 saturated carbocycles. The Morgan fingerprint density at radius 1 is 1.55 bits per heavy atom. The molecule has 2 aromatic heterocycles. The fourth-order valence-corrected chi connectivity index (χ4v) is 5.76. The molecule has 1 fully saturated rings. The first kappa shape index (κ1) is 14.5. The zero-order valence-electron chi connectivity index (χ0n) is 11.4. The highest BCUT2D eigenvalue weighted by Gasteiger charge is 2.35. The summed E-state index contributed by atoms with van der Waals surface area (Å²) in [5.74, 6) is 0.778. The zero-order chi connectivity index (χ0) is 14.2. The van der Waals surface area contributed by atoms with E-state index in [1.165, 1.54) is 22.2 Å². The van der Waals surface area contributed by atoms with Gasteiger partial charge in [-0.2, -0.15) is 0 Å². The minimum Gasteiger partial charge on any atom is -0.345 e. The minimum atomic E-state index is -0.0633. The van der Waals surface area contributed by atoms with Crippen LogP contribution in [0.3, 0.4) is 0 Å². The third kappa shape index (κ3) is 2.81. The second kappa shape index (κ2) is 5.78. The lowest BCUT2D eigenvalue weighted by Gasteiger charge is -2.39. The van der Waals surface area contributed by atoms with Crippen molar-refractivity contribution in [1.29, 1.82) is 0 Å². The second-order valence-electron chi connectivity index (χ2n) is 5.83. The van der Waals surface area contributed by atoms with Gasteiger partial charge in [-0.1, -0.05) is 35.7 Å². The average Bonchev–Trinajstić information content (AvgIpc) is 2.99. The van der Waals surface area contributed by atoms with Crippen LogP contribution in [-0.4, -0.2) is 16.8 Å². The van der Waals surface area contributed by atoms with Crippen molar-refractivity contribution in [1.82, 2.24) is 5.32 Å². The van der Waals surface area contributed by atoms with E-state index >= 15 is 0 Å². The summed E-state index contributed by atoms with van der Waals surface area (Å²) in [4.78, 5) is 13.4. The number of fused-ring (bicyclic) bond motifs is 1. The van der Waals surface area contributed by atoms with Crippen molar-refractivity contribution >= 4 is 53.9 Å². The van der Waals surface area contributed by atoms with Crippen LogP contribution >= 0.6 is 38.6 Å². The number of rotatable bonds is 3. The van der Waals surface area contributed by atoms with Gasteiger partial charge in [0, 0.05) is 14.7 Å². The predicted molar refractivity (Wildman–Crippen MR) is 91.3 cm³/mol. The van der Waals surface area contributed by atoms with Crippen LogP contribution in [0, 0.1) is 5.92 Å². The van der Waals surface area contributed by atoms with E-state index in [1.807, 2.05) is 6.07 Å². The molecule has 0 saturated heterocycles. The number of amides is 1. The highest BCUT2D eigenvalue weighted by molar-refractivity contribution is 9.09. The maximum absolute atomic E-state index is 12.5. The van der Waals surface area contributed by atoms with Crippen molar-refractivity contribution in [2.75, 3.05) is 5.33 Å². The van der Waals surface area contributed by atoms with Gasteiger partial charge in [0.25, 0.3) is 5.91 Å². The summed E-state index contributed by atoms with van der Waals surface area (Å²) in [6.45, 7) is 2.28. The molecule has 1 aliphatic rings. The smallest absolute Gasteiger partial charge is 0.261 e. The first-order chi connectivity index (χ1) is 9.62. The molecule has 2 nitrogen and oxygen atoms in total. The summed E-state index contributed by atoms with van der Waals surface area (Å²) in [5.41, 5.74) is -0.0633. The topological polar surface area (TPSA) is 29.1 Å². The van der Waals surface area contributed by atoms with Gasteiger partial charge in [0.15, 0.2) is 0 Å². The number of alkyl halides is 1. The minimum absolute atomic E-state index is 0.0633.